The van der Waals surface area contributed by atoms with Gasteiger partial charge in [0.25, 0.3) is 4.82 Å². The molecule has 2 rings (SSSR count). The van der Waals surface area contributed by atoms with Crippen LogP contribution in [0.4, 0.5) is 10.5 Å². The van der Waals surface area contributed by atoms with Crippen LogP contribution in [-0.4, -0.2) is 9.80 Å². The number of amides is 1. The molecule has 1 aromatic heterocycles. The number of anilines is 1. The molecular formula is C9H7BrN2O2. The van der Waals surface area contributed by atoms with E-state index in [1.807, 2.05) is 0 Å². The van der Waals surface area contributed by atoms with Crippen molar-refractivity contribution in [2.45, 2.75) is 6.92 Å². The molecule has 0 bridgehead atoms. The van der Waals surface area contributed by atoms with Crippen LogP contribution in [0.1, 0.15) is 5.89 Å². The molecule has 1 N–H and O–H groups in total. The molecule has 0 radical (unpaired) electrons. The van der Waals surface area contributed by atoms with Crippen molar-refractivity contribution < 1.29 is 9.21 Å². The number of fused-ring (bicyclic) bond motifs is 1. The molecular weight excluding hydrogens is 248 g/mol. The highest BCUT2D eigenvalue weighted by atomic mass is 79.9. The molecule has 72 valence electrons. The molecule has 0 aliphatic rings. The summed E-state index contributed by atoms with van der Waals surface area (Å²) in [4.78, 5) is 14.6. The first-order valence-electron chi connectivity index (χ1n) is 3.99. The zero-order chi connectivity index (χ0) is 10.1. The highest BCUT2D eigenvalue weighted by Crippen LogP contribution is 2.19. The zero-order valence-electron chi connectivity index (χ0n) is 7.37. The van der Waals surface area contributed by atoms with Crippen molar-refractivity contribution in [3.63, 3.8) is 0 Å². The van der Waals surface area contributed by atoms with E-state index < -0.39 is 0 Å². The van der Waals surface area contributed by atoms with Gasteiger partial charge in [-0.05, 0) is 18.2 Å². The van der Waals surface area contributed by atoms with Gasteiger partial charge in [0.2, 0.25) is 0 Å². The molecule has 14 heavy (non-hydrogen) atoms. The van der Waals surface area contributed by atoms with E-state index in [0.29, 0.717) is 11.6 Å². The lowest BCUT2D eigenvalue weighted by Crippen LogP contribution is -1.99. The number of carbonyl (C=O) groups excluding carboxylic acids is 1. The molecule has 4 nitrogen and oxygen atoms in total. The van der Waals surface area contributed by atoms with E-state index in [9.17, 15) is 4.79 Å². The predicted octanol–water partition coefficient (Wildman–Crippen LogP) is 3.06. The Bertz CT molecular complexity index is 493. The maximum Gasteiger partial charge on any atom is 0.291 e. The normalized spacial score (nSPS) is 10.4. The fourth-order valence-corrected chi connectivity index (χ4v) is 1.46. The summed E-state index contributed by atoms with van der Waals surface area (Å²) >= 11 is 2.79. The molecule has 0 saturated heterocycles. The number of aryl methyl sites for hydroxylation is 1. The van der Waals surface area contributed by atoms with Crippen molar-refractivity contribution in [1.82, 2.24) is 4.98 Å². The van der Waals surface area contributed by atoms with Gasteiger partial charge in [-0.1, -0.05) is 0 Å². The summed E-state index contributed by atoms with van der Waals surface area (Å²) in [6.45, 7) is 1.78. The van der Waals surface area contributed by atoms with Crippen LogP contribution in [0.2, 0.25) is 0 Å². The first-order valence-corrected chi connectivity index (χ1v) is 4.78. The van der Waals surface area contributed by atoms with Gasteiger partial charge >= 0.3 is 0 Å². The van der Waals surface area contributed by atoms with Gasteiger partial charge in [0.1, 0.15) is 5.52 Å². The van der Waals surface area contributed by atoms with E-state index in [0.717, 1.165) is 11.1 Å². The first-order chi connectivity index (χ1) is 6.65. The van der Waals surface area contributed by atoms with Gasteiger partial charge in [-0.25, -0.2) is 4.98 Å². The molecule has 5 heteroatoms. The minimum atomic E-state index is -0.280. The minimum Gasteiger partial charge on any atom is -0.441 e. The van der Waals surface area contributed by atoms with Crippen molar-refractivity contribution in [1.29, 1.82) is 0 Å². The number of carbonyl (C=O) groups is 1. The smallest absolute Gasteiger partial charge is 0.291 e. The van der Waals surface area contributed by atoms with Crippen molar-refractivity contribution in [3.8, 4) is 0 Å². The summed E-state index contributed by atoms with van der Waals surface area (Å²) in [5, 5.41) is 2.60. The van der Waals surface area contributed by atoms with Gasteiger partial charge in [-0.3, -0.25) is 4.79 Å². The second-order valence-corrected chi connectivity index (χ2v) is 3.53. The maximum atomic E-state index is 10.7. The van der Waals surface area contributed by atoms with Gasteiger partial charge in [-0.15, -0.1) is 0 Å². The van der Waals surface area contributed by atoms with Gasteiger partial charge in [-0.2, -0.15) is 0 Å². The summed E-state index contributed by atoms with van der Waals surface area (Å²) in [6.07, 6.45) is 0. The second kappa shape index (κ2) is 3.42. The van der Waals surface area contributed by atoms with E-state index in [-0.39, 0.29) is 4.82 Å². The molecule has 0 unspecified atom stereocenters. The van der Waals surface area contributed by atoms with Crippen LogP contribution in [0, 0.1) is 6.92 Å². The number of oxazole rings is 1. The van der Waals surface area contributed by atoms with Crippen LogP contribution in [-0.2, 0) is 0 Å². The highest BCUT2D eigenvalue weighted by Gasteiger charge is 2.03. The van der Waals surface area contributed by atoms with Crippen LogP contribution in [0.15, 0.2) is 22.6 Å². The molecule has 0 aliphatic heterocycles. The van der Waals surface area contributed by atoms with Crippen LogP contribution in [0.25, 0.3) is 11.1 Å². The van der Waals surface area contributed by atoms with Crippen LogP contribution >= 0.6 is 15.9 Å². The maximum absolute atomic E-state index is 10.7. The molecule has 0 fully saturated rings. The third kappa shape index (κ3) is 1.77. The largest absolute Gasteiger partial charge is 0.441 e. The lowest BCUT2D eigenvalue weighted by Gasteiger charge is -1.98. The zero-order valence-corrected chi connectivity index (χ0v) is 8.96. The molecule has 0 saturated carbocycles. The number of benzene rings is 1. The van der Waals surface area contributed by atoms with E-state index in [1.54, 1.807) is 25.1 Å². The van der Waals surface area contributed by atoms with E-state index in [4.69, 9.17) is 4.42 Å². The Hall–Kier alpha value is -1.36. The van der Waals surface area contributed by atoms with E-state index >= 15 is 0 Å². The van der Waals surface area contributed by atoms with Crippen LogP contribution in [0.3, 0.4) is 0 Å². The van der Waals surface area contributed by atoms with Crippen molar-refractivity contribution in [2.75, 3.05) is 5.32 Å². The number of nitrogens with zero attached hydrogens (tertiary/aromatic N) is 1. The average Bonchev–Trinajstić information content (AvgIpc) is 2.42. The summed E-state index contributed by atoms with van der Waals surface area (Å²) in [6, 6.07) is 5.28. The first kappa shape index (κ1) is 9.21. The standard InChI is InChI=1S/C9H7BrN2O2/c1-5-11-7-4-6(12-9(10)13)2-3-8(7)14-5/h2-4H,1H3,(H,12,13). The predicted molar refractivity (Wildman–Crippen MR) is 56.7 cm³/mol. The number of rotatable bonds is 1. The number of aromatic nitrogens is 1. The van der Waals surface area contributed by atoms with E-state index in [2.05, 4.69) is 26.2 Å². The van der Waals surface area contributed by atoms with Gasteiger partial charge in [0.05, 0.1) is 0 Å². The highest BCUT2D eigenvalue weighted by molar-refractivity contribution is 9.18. The summed E-state index contributed by atoms with van der Waals surface area (Å²) in [7, 11) is 0. The Morgan fingerprint density at radius 2 is 2.36 bits per heavy atom. The Labute approximate surface area is 88.4 Å². The van der Waals surface area contributed by atoms with Crippen LogP contribution in [0.5, 0.6) is 0 Å². The number of nitrogens with one attached hydrogen (secondary N) is 1. The number of hydrogen-bond donors (Lipinski definition) is 1. The lowest BCUT2D eigenvalue weighted by atomic mass is 10.3. The third-order valence-corrected chi connectivity index (χ3v) is 1.94. The molecule has 1 aromatic carbocycles. The van der Waals surface area contributed by atoms with E-state index in [1.165, 1.54) is 0 Å². The fourth-order valence-electron chi connectivity index (χ4n) is 1.23. The van der Waals surface area contributed by atoms with Gasteiger partial charge in [0, 0.05) is 28.5 Å². The third-order valence-electron chi connectivity index (χ3n) is 1.74. The number of halogens is 1. The Morgan fingerprint density at radius 3 is 3.07 bits per heavy atom. The molecule has 0 aliphatic carbocycles. The summed E-state index contributed by atoms with van der Waals surface area (Å²) in [5.74, 6) is 0.613. The quantitative estimate of drug-likeness (QED) is 0.629. The Balaban J connectivity index is 2.45. The Morgan fingerprint density at radius 1 is 1.57 bits per heavy atom. The summed E-state index contributed by atoms with van der Waals surface area (Å²) < 4.78 is 5.29. The average molecular weight is 255 g/mol. The molecule has 0 atom stereocenters. The number of hydrogen-bond acceptors (Lipinski definition) is 3. The molecule has 2 aromatic rings. The molecule has 1 heterocycles. The lowest BCUT2D eigenvalue weighted by molar-refractivity contribution is 0.270. The van der Waals surface area contributed by atoms with Crippen molar-refractivity contribution >= 4 is 37.5 Å². The van der Waals surface area contributed by atoms with Gasteiger partial charge in [0.15, 0.2) is 11.5 Å². The van der Waals surface area contributed by atoms with Gasteiger partial charge < -0.3 is 9.73 Å². The summed E-state index contributed by atoms with van der Waals surface area (Å²) in [5.41, 5.74) is 2.14. The fraction of sp³-hybridized carbons (Fsp3) is 0.111. The van der Waals surface area contributed by atoms with Crippen molar-refractivity contribution in [2.24, 2.45) is 0 Å². The molecule has 0 spiro atoms. The monoisotopic (exact) mass is 254 g/mol. The SMILES string of the molecule is Cc1nc2cc(NC(=O)Br)ccc2o1. The Kier molecular flexibility index (Phi) is 2.25. The van der Waals surface area contributed by atoms with Crippen molar-refractivity contribution in [3.05, 3.63) is 24.1 Å². The second-order valence-electron chi connectivity index (χ2n) is 2.81. The topological polar surface area (TPSA) is 55.1 Å². The van der Waals surface area contributed by atoms with Crippen LogP contribution < -0.4 is 5.32 Å². The minimum absolute atomic E-state index is 0.280. The molecule has 1 amide bonds.